The summed E-state index contributed by atoms with van der Waals surface area (Å²) in [4.78, 5) is 4.32. The van der Waals surface area contributed by atoms with Crippen LogP contribution < -0.4 is 5.32 Å². The molecule has 1 aliphatic rings. The summed E-state index contributed by atoms with van der Waals surface area (Å²) in [6, 6.07) is 0.972. The van der Waals surface area contributed by atoms with Crippen molar-refractivity contribution in [1.82, 2.24) is 24.6 Å². The first-order chi connectivity index (χ1) is 8.75. The second-order valence-corrected chi connectivity index (χ2v) is 5.04. The van der Waals surface area contributed by atoms with Crippen LogP contribution in [0.4, 0.5) is 0 Å². The van der Waals surface area contributed by atoms with Gasteiger partial charge in [-0.2, -0.15) is 5.10 Å². The molecule has 2 aromatic rings. The van der Waals surface area contributed by atoms with Gasteiger partial charge in [0.05, 0.1) is 30.5 Å². The summed E-state index contributed by atoms with van der Waals surface area (Å²) in [5.41, 5.74) is 2.29. The highest BCUT2D eigenvalue weighted by atomic mass is 15.2. The van der Waals surface area contributed by atoms with Gasteiger partial charge in [-0.25, -0.2) is 4.98 Å². The monoisotopic (exact) mass is 245 g/mol. The zero-order valence-corrected chi connectivity index (χ0v) is 10.9. The van der Waals surface area contributed by atoms with Crippen LogP contribution in [0.5, 0.6) is 0 Å². The maximum Gasteiger partial charge on any atom is 0.0954 e. The van der Waals surface area contributed by atoms with Gasteiger partial charge in [0.2, 0.25) is 0 Å². The van der Waals surface area contributed by atoms with Crippen molar-refractivity contribution < 1.29 is 0 Å². The highest BCUT2D eigenvalue weighted by molar-refractivity contribution is 5.56. The Hall–Kier alpha value is -1.62. The number of imidazole rings is 1. The second-order valence-electron chi connectivity index (χ2n) is 5.04. The maximum absolute atomic E-state index is 4.32. The van der Waals surface area contributed by atoms with Crippen LogP contribution in [0.2, 0.25) is 0 Å². The van der Waals surface area contributed by atoms with Crippen LogP contribution in [0.3, 0.4) is 0 Å². The van der Waals surface area contributed by atoms with Crippen molar-refractivity contribution in [3.8, 4) is 11.3 Å². The number of rotatable bonds is 2. The number of nitrogens with zero attached hydrogens (tertiary/aromatic N) is 4. The first-order valence-corrected chi connectivity index (χ1v) is 6.50. The molecule has 5 nitrogen and oxygen atoms in total. The van der Waals surface area contributed by atoms with E-state index in [9.17, 15) is 0 Å². The molecule has 1 fully saturated rings. The maximum atomic E-state index is 4.32. The lowest BCUT2D eigenvalue weighted by Crippen LogP contribution is -2.40. The van der Waals surface area contributed by atoms with E-state index in [4.69, 9.17) is 0 Å². The molecule has 1 aliphatic heterocycles. The van der Waals surface area contributed by atoms with Gasteiger partial charge in [0.1, 0.15) is 0 Å². The standard InChI is InChI=1S/C13H19N5/c1-10-12(4-3-5-15-10)18-9-14-7-13(18)11-6-16-17(2)8-11/h6-10,12,15H,3-5H2,1-2H3. The molecule has 0 saturated carbocycles. The lowest BCUT2D eigenvalue weighted by molar-refractivity contribution is 0.297. The van der Waals surface area contributed by atoms with Crippen molar-refractivity contribution in [1.29, 1.82) is 0 Å². The van der Waals surface area contributed by atoms with Crippen molar-refractivity contribution in [2.75, 3.05) is 6.54 Å². The first-order valence-electron chi connectivity index (χ1n) is 6.50. The van der Waals surface area contributed by atoms with Gasteiger partial charge in [0.25, 0.3) is 0 Å². The Labute approximate surface area is 107 Å². The molecule has 96 valence electrons. The largest absolute Gasteiger partial charge is 0.326 e. The van der Waals surface area contributed by atoms with E-state index in [1.165, 1.54) is 12.8 Å². The summed E-state index contributed by atoms with van der Waals surface area (Å²) >= 11 is 0. The molecule has 0 spiro atoms. The summed E-state index contributed by atoms with van der Waals surface area (Å²) < 4.78 is 4.11. The van der Waals surface area contributed by atoms with Crippen LogP contribution >= 0.6 is 0 Å². The molecule has 1 saturated heterocycles. The van der Waals surface area contributed by atoms with Gasteiger partial charge in [-0.1, -0.05) is 0 Å². The van der Waals surface area contributed by atoms with Crippen molar-refractivity contribution in [2.45, 2.75) is 31.8 Å². The van der Waals surface area contributed by atoms with E-state index in [0.717, 1.165) is 17.8 Å². The molecular formula is C13H19N5. The Morgan fingerprint density at radius 2 is 2.28 bits per heavy atom. The van der Waals surface area contributed by atoms with E-state index >= 15 is 0 Å². The number of aromatic nitrogens is 4. The highest BCUT2D eigenvalue weighted by Crippen LogP contribution is 2.28. The minimum atomic E-state index is 0.483. The summed E-state index contributed by atoms with van der Waals surface area (Å²) in [6.07, 6.45) is 10.2. The SMILES string of the molecule is CC1NCCCC1n1cncc1-c1cnn(C)c1. The molecule has 3 heterocycles. The molecule has 5 heteroatoms. The quantitative estimate of drug-likeness (QED) is 0.874. The summed E-state index contributed by atoms with van der Waals surface area (Å²) in [6.45, 7) is 3.37. The molecule has 0 amide bonds. The fourth-order valence-corrected chi connectivity index (χ4v) is 2.75. The molecule has 3 rings (SSSR count). The molecule has 1 N–H and O–H groups in total. The second kappa shape index (κ2) is 4.57. The van der Waals surface area contributed by atoms with Gasteiger partial charge in [0, 0.05) is 24.8 Å². The average Bonchev–Trinajstić information content (AvgIpc) is 2.98. The fraction of sp³-hybridized carbons (Fsp3) is 0.538. The third-order valence-electron chi connectivity index (χ3n) is 3.74. The molecule has 0 aromatic carbocycles. The van der Waals surface area contributed by atoms with Crippen molar-refractivity contribution in [2.24, 2.45) is 7.05 Å². The Bertz CT molecular complexity index is 527. The molecule has 2 atom stereocenters. The van der Waals surface area contributed by atoms with Gasteiger partial charge in [-0.3, -0.25) is 4.68 Å². The first kappa shape index (κ1) is 11.5. The lowest BCUT2D eigenvalue weighted by atomic mass is 9.99. The zero-order valence-electron chi connectivity index (χ0n) is 10.9. The minimum Gasteiger partial charge on any atom is -0.326 e. The minimum absolute atomic E-state index is 0.483. The summed E-state index contributed by atoms with van der Waals surface area (Å²) in [5, 5.41) is 7.77. The smallest absolute Gasteiger partial charge is 0.0954 e. The van der Waals surface area contributed by atoms with E-state index in [1.54, 1.807) is 0 Å². The van der Waals surface area contributed by atoms with E-state index < -0.39 is 0 Å². The topological polar surface area (TPSA) is 47.7 Å². The van der Waals surface area contributed by atoms with E-state index in [2.05, 4.69) is 26.9 Å². The number of hydrogen-bond donors (Lipinski definition) is 1. The molecule has 18 heavy (non-hydrogen) atoms. The van der Waals surface area contributed by atoms with E-state index in [-0.39, 0.29) is 0 Å². The molecule has 0 aliphatic carbocycles. The van der Waals surface area contributed by atoms with Crippen LogP contribution in [-0.2, 0) is 7.05 Å². The Morgan fingerprint density at radius 3 is 3.00 bits per heavy atom. The number of hydrogen-bond acceptors (Lipinski definition) is 3. The van der Waals surface area contributed by atoms with Gasteiger partial charge in [-0.15, -0.1) is 0 Å². The molecular weight excluding hydrogens is 226 g/mol. The van der Waals surface area contributed by atoms with Crippen LogP contribution in [0, 0.1) is 0 Å². The van der Waals surface area contributed by atoms with Crippen LogP contribution in [0.15, 0.2) is 24.9 Å². The van der Waals surface area contributed by atoms with Crippen LogP contribution in [-0.4, -0.2) is 31.9 Å². The van der Waals surface area contributed by atoms with Crippen molar-refractivity contribution in [3.63, 3.8) is 0 Å². The summed E-state index contributed by atoms with van der Waals surface area (Å²) in [5.74, 6) is 0. The van der Waals surface area contributed by atoms with Gasteiger partial charge < -0.3 is 9.88 Å². The molecule has 2 aromatic heterocycles. The van der Waals surface area contributed by atoms with Crippen LogP contribution in [0.25, 0.3) is 11.3 Å². The number of piperidine rings is 1. The van der Waals surface area contributed by atoms with Gasteiger partial charge in [-0.05, 0) is 26.3 Å². The van der Waals surface area contributed by atoms with Gasteiger partial charge in [0.15, 0.2) is 0 Å². The van der Waals surface area contributed by atoms with Crippen molar-refractivity contribution in [3.05, 3.63) is 24.9 Å². The Balaban J connectivity index is 1.95. The van der Waals surface area contributed by atoms with E-state index in [0.29, 0.717) is 12.1 Å². The predicted molar refractivity (Wildman–Crippen MR) is 70.2 cm³/mol. The number of nitrogens with one attached hydrogen (secondary N) is 1. The normalized spacial score (nSPS) is 24.3. The Kier molecular flexibility index (Phi) is 2.91. The third kappa shape index (κ3) is 1.95. The third-order valence-corrected chi connectivity index (χ3v) is 3.74. The summed E-state index contributed by atoms with van der Waals surface area (Å²) in [7, 11) is 1.94. The predicted octanol–water partition coefficient (Wildman–Crippen LogP) is 1.60. The lowest BCUT2D eigenvalue weighted by Gasteiger charge is -2.32. The zero-order chi connectivity index (χ0) is 12.5. The van der Waals surface area contributed by atoms with Crippen LogP contribution in [0.1, 0.15) is 25.8 Å². The molecule has 2 unspecified atom stereocenters. The fourth-order valence-electron chi connectivity index (χ4n) is 2.75. The Morgan fingerprint density at radius 1 is 1.39 bits per heavy atom. The van der Waals surface area contributed by atoms with Crippen molar-refractivity contribution >= 4 is 0 Å². The number of aryl methyl sites for hydroxylation is 1. The van der Waals surface area contributed by atoms with Gasteiger partial charge >= 0.3 is 0 Å². The highest BCUT2D eigenvalue weighted by Gasteiger charge is 2.24. The molecule has 0 radical (unpaired) electrons. The average molecular weight is 245 g/mol. The van der Waals surface area contributed by atoms with E-state index in [1.807, 2.05) is 36.6 Å². The molecule has 0 bridgehead atoms.